The van der Waals surface area contributed by atoms with Gasteiger partial charge in [-0.1, -0.05) is 24.3 Å². The van der Waals surface area contributed by atoms with Gasteiger partial charge < -0.3 is 20.5 Å². The number of esters is 1. The van der Waals surface area contributed by atoms with Gasteiger partial charge in [-0.05, 0) is 36.2 Å². The first-order chi connectivity index (χ1) is 12.0. The van der Waals surface area contributed by atoms with Gasteiger partial charge in [-0.2, -0.15) is 0 Å². The van der Waals surface area contributed by atoms with Crippen LogP contribution in [-0.2, 0) is 20.7 Å². The lowest BCUT2D eigenvalue weighted by Crippen LogP contribution is -2.36. The van der Waals surface area contributed by atoms with Crippen LogP contribution in [0.1, 0.15) is 15.9 Å². The van der Waals surface area contributed by atoms with Crippen LogP contribution in [0.5, 0.6) is 5.75 Å². The third-order valence-electron chi connectivity index (χ3n) is 3.42. The number of phenolic OH excluding ortho intramolecular Hbond substituents is 1. The highest BCUT2D eigenvalue weighted by atomic mass is 16.5. The molecular weight excluding hydrogens is 324 g/mol. The quantitative estimate of drug-likeness (QED) is 0.564. The molecule has 0 saturated heterocycles. The van der Waals surface area contributed by atoms with E-state index < -0.39 is 17.8 Å². The van der Waals surface area contributed by atoms with Crippen molar-refractivity contribution in [3.05, 3.63) is 59.7 Å². The molecule has 0 bridgehead atoms. The van der Waals surface area contributed by atoms with E-state index in [-0.39, 0.29) is 23.5 Å². The number of carbonyl (C=O) groups excluding carboxylic acids is 3. The molecule has 0 aliphatic carbocycles. The van der Waals surface area contributed by atoms with Gasteiger partial charge in [0.1, 0.15) is 5.75 Å². The van der Waals surface area contributed by atoms with E-state index >= 15 is 0 Å². The summed E-state index contributed by atoms with van der Waals surface area (Å²) < 4.78 is 4.63. The summed E-state index contributed by atoms with van der Waals surface area (Å²) in [5.74, 6) is -2.12. The van der Waals surface area contributed by atoms with E-state index in [1.807, 2.05) is 0 Å². The summed E-state index contributed by atoms with van der Waals surface area (Å²) in [6, 6.07) is 12.8. The lowest BCUT2D eigenvalue weighted by Gasteiger charge is -2.10. The second kappa shape index (κ2) is 8.49. The second-order valence-corrected chi connectivity index (χ2v) is 5.16. The van der Waals surface area contributed by atoms with Crippen LogP contribution >= 0.6 is 0 Å². The first-order valence-corrected chi connectivity index (χ1v) is 7.55. The summed E-state index contributed by atoms with van der Waals surface area (Å²) in [6.07, 6.45) is 0.512. The molecule has 0 aliphatic heterocycles. The minimum atomic E-state index is -0.873. The van der Waals surface area contributed by atoms with Gasteiger partial charge >= 0.3 is 17.8 Å². The van der Waals surface area contributed by atoms with Crippen molar-refractivity contribution >= 4 is 23.5 Å². The Morgan fingerprint density at radius 3 is 2.36 bits per heavy atom. The van der Waals surface area contributed by atoms with Crippen molar-refractivity contribution in [3.63, 3.8) is 0 Å². The van der Waals surface area contributed by atoms with Crippen molar-refractivity contribution in [2.45, 2.75) is 6.42 Å². The smallest absolute Gasteiger partial charge is 0.339 e. The van der Waals surface area contributed by atoms with Gasteiger partial charge in [-0.25, -0.2) is 4.79 Å². The lowest BCUT2D eigenvalue weighted by atomic mass is 10.1. The Balaban J connectivity index is 1.89. The largest absolute Gasteiger partial charge is 0.508 e. The van der Waals surface area contributed by atoms with Crippen LogP contribution in [0.15, 0.2) is 48.5 Å². The number of ether oxygens (including phenoxy) is 1. The SMILES string of the molecule is COC(=O)c1ccccc1NC(=O)C(=O)NCCc1ccc(O)cc1. The van der Waals surface area contributed by atoms with E-state index in [2.05, 4.69) is 15.4 Å². The number of nitrogens with one attached hydrogen (secondary N) is 2. The minimum absolute atomic E-state index is 0.162. The Labute approximate surface area is 144 Å². The van der Waals surface area contributed by atoms with Crippen LogP contribution in [0.2, 0.25) is 0 Å². The van der Waals surface area contributed by atoms with E-state index in [4.69, 9.17) is 0 Å². The molecule has 130 valence electrons. The fourth-order valence-electron chi connectivity index (χ4n) is 2.12. The summed E-state index contributed by atoms with van der Waals surface area (Å²) in [5.41, 5.74) is 1.28. The van der Waals surface area contributed by atoms with E-state index in [9.17, 15) is 19.5 Å². The average Bonchev–Trinajstić information content (AvgIpc) is 2.63. The number of amides is 2. The second-order valence-electron chi connectivity index (χ2n) is 5.16. The van der Waals surface area contributed by atoms with Crippen LogP contribution in [0, 0.1) is 0 Å². The van der Waals surface area contributed by atoms with Gasteiger partial charge in [0.15, 0.2) is 0 Å². The van der Waals surface area contributed by atoms with Gasteiger partial charge in [-0.15, -0.1) is 0 Å². The maximum absolute atomic E-state index is 12.0. The number of para-hydroxylation sites is 1. The molecule has 0 unspecified atom stereocenters. The van der Waals surface area contributed by atoms with Crippen LogP contribution in [0.4, 0.5) is 5.69 Å². The van der Waals surface area contributed by atoms with Gasteiger partial charge in [-0.3, -0.25) is 9.59 Å². The molecule has 7 heteroatoms. The standard InChI is InChI=1S/C18H18N2O5/c1-25-18(24)14-4-2-3-5-15(14)20-17(23)16(22)19-11-10-12-6-8-13(21)9-7-12/h2-9,21H,10-11H2,1H3,(H,19,22)(H,20,23). The Kier molecular flexibility index (Phi) is 6.11. The number of aromatic hydroxyl groups is 1. The molecule has 0 fully saturated rings. The number of rotatable bonds is 5. The molecule has 0 heterocycles. The molecule has 0 atom stereocenters. The molecule has 2 aromatic carbocycles. The molecule has 0 aliphatic rings. The van der Waals surface area contributed by atoms with Crippen LogP contribution in [0.3, 0.4) is 0 Å². The predicted octanol–water partition coefficient (Wildman–Crippen LogP) is 1.48. The summed E-state index contributed by atoms with van der Waals surface area (Å²) in [4.78, 5) is 35.5. The Morgan fingerprint density at radius 2 is 1.68 bits per heavy atom. The highest BCUT2D eigenvalue weighted by molar-refractivity contribution is 6.40. The van der Waals surface area contributed by atoms with Crippen molar-refractivity contribution in [1.82, 2.24) is 5.32 Å². The zero-order valence-electron chi connectivity index (χ0n) is 13.6. The zero-order valence-corrected chi connectivity index (χ0v) is 13.6. The number of hydrogen-bond acceptors (Lipinski definition) is 5. The van der Waals surface area contributed by atoms with Crippen LogP contribution < -0.4 is 10.6 Å². The molecule has 0 aromatic heterocycles. The fraction of sp³-hybridized carbons (Fsp3) is 0.167. The van der Waals surface area contributed by atoms with Crippen molar-refractivity contribution < 1.29 is 24.2 Å². The third-order valence-corrected chi connectivity index (χ3v) is 3.42. The average molecular weight is 342 g/mol. The van der Waals surface area contributed by atoms with E-state index in [0.29, 0.717) is 6.42 Å². The Morgan fingerprint density at radius 1 is 1.00 bits per heavy atom. The maximum atomic E-state index is 12.0. The number of carbonyl (C=O) groups is 3. The molecular formula is C18H18N2O5. The van der Waals surface area contributed by atoms with Crippen LogP contribution in [-0.4, -0.2) is 36.5 Å². The monoisotopic (exact) mass is 342 g/mol. The van der Waals surface area contributed by atoms with Crippen molar-refractivity contribution in [2.75, 3.05) is 19.0 Å². The molecule has 0 radical (unpaired) electrons. The number of phenols is 1. The minimum Gasteiger partial charge on any atom is -0.508 e. The maximum Gasteiger partial charge on any atom is 0.339 e. The number of benzene rings is 2. The van der Waals surface area contributed by atoms with Crippen molar-refractivity contribution in [1.29, 1.82) is 0 Å². The Bertz CT molecular complexity index is 771. The van der Waals surface area contributed by atoms with Crippen molar-refractivity contribution in [2.24, 2.45) is 0 Å². The Hall–Kier alpha value is -3.35. The van der Waals surface area contributed by atoms with Gasteiger partial charge in [0.05, 0.1) is 18.4 Å². The lowest BCUT2D eigenvalue weighted by molar-refractivity contribution is -0.136. The highest BCUT2D eigenvalue weighted by Crippen LogP contribution is 2.15. The van der Waals surface area contributed by atoms with Gasteiger partial charge in [0, 0.05) is 6.54 Å². The molecule has 2 rings (SSSR count). The summed E-state index contributed by atoms with van der Waals surface area (Å²) >= 11 is 0. The molecule has 2 amide bonds. The molecule has 7 nitrogen and oxygen atoms in total. The first kappa shape index (κ1) is 18.0. The zero-order chi connectivity index (χ0) is 18.2. The summed E-state index contributed by atoms with van der Waals surface area (Å²) in [7, 11) is 1.23. The number of hydrogen-bond donors (Lipinski definition) is 3. The third kappa shape index (κ3) is 5.07. The number of anilines is 1. The van der Waals surface area contributed by atoms with Gasteiger partial charge in [0.25, 0.3) is 0 Å². The molecule has 0 saturated carbocycles. The topological polar surface area (TPSA) is 105 Å². The fourth-order valence-corrected chi connectivity index (χ4v) is 2.12. The predicted molar refractivity (Wildman–Crippen MR) is 91.2 cm³/mol. The van der Waals surface area contributed by atoms with Crippen molar-refractivity contribution in [3.8, 4) is 5.75 Å². The van der Waals surface area contributed by atoms with E-state index in [1.54, 1.807) is 36.4 Å². The first-order valence-electron chi connectivity index (χ1n) is 7.55. The summed E-state index contributed by atoms with van der Waals surface area (Å²) in [6.45, 7) is 0.260. The highest BCUT2D eigenvalue weighted by Gasteiger charge is 2.17. The van der Waals surface area contributed by atoms with Crippen LogP contribution in [0.25, 0.3) is 0 Å². The molecule has 3 N–H and O–H groups in total. The normalized spacial score (nSPS) is 9.96. The molecule has 0 spiro atoms. The molecule has 25 heavy (non-hydrogen) atoms. The van der Waals surface area contributed by atoms with Gasteiger partial charge in [0.2, 0.25) is 0 Å². The summed E-state index contributed by atoms with van der Waals surface area (Å²) in [5, 5.41) is 14.1. The number of methoxy groups -OCH3 is 1. The van der Waals surface area contributed by atoms with E-state index in [0.717, 1.165) is 5.56 Å². The van der Waals surface area contributed by atoms with E-state index in [1.165, 1.54) is 19.2 Å². The molecule has 2 aromatic rings.